The van der Waals surface area contributed by atoms with Crippen molar-refractivity contribution in [3.05, 3.63) is 17.7 Å². The highest BCUT2D eigenvalue weighted by Gasteiger charge is 2.33. The summed E-state index contributed by atoms with van der Waals surface area (Å²) in [5, 5.41) is 13.1. The average molecular weight is 377 g/mol. The average Bonchev–Trinajstić information content (AvgIpc) is 2.94. The first-order valence-electron chi connectivity index (χ1n) is 9.58. The normalized spacial score (nSPS) is 25.9. The lowest BCUT2D eigenvalue weighted by Crippen LogP contribution is -2.45. The van der Waals surface area contributed by atoms with E-state index < -0.39 is 6.10 Å². The fourth-order valence-corrected chi connectivity index (χ4v) is 3.87. The van der Waals surface area contributed by atoms with E-state index in [9.17, 15) is 9.90 Å². The van der Waals surface area contributed by atoms with E-state index in [4.69, 9.17) is 14.2 Å². The van der Waals surface area contributed by atoms with E-state index in [1.54, 1.807) is 0 Å². The third-order valence-corrected chi connectivity index (χ3v) is 5.44. The van der Waals surface area contributed by atoms with Gasteiger partial charge in [0.15, 0.2) is 11.5 Å². The van der Waals surface area contributed by atoms with Crippen LogP contribution in [-0.4, -0.2) is 85.7 Å². The molecule has 3 aliphatic heterocycles. The number of aryl methyl sites for hydroxylation is 1. The number of aliphatic hydroxyl groups excluding tert-OH is 1. The number of urea groups is 1. The van der Waals surface area contributed by atoms with E-state index >= 15 is 0 Å². The SMILES string of the molecule is Cc1cc2c(cc1NC(=O)N1CCCN([C@H]3COC[C@@H]3O)CC1)OCCO2. The molecule has 0 aliphatic carbocycles. The number of nitrogens with one attached hydrogen (secondary N) is 1. The van der Waals surface area contributed by atoms with Crippen LogP contribution in [-0.2, 0) is 4.74 Å². The van der Waals surface area contributed by atoms with Crippen LogP contribution in [0.2, 0.25) is 0 Å². The van der Waals surface area contributed by atoms with E-state index in [-0.39, 0.29) is 12.1 Å². The molecule has 2 atom stereocenters. The first-order chi connectivity index (χ1) is 13.1. The number of amides is 2. The molecule has 2 N–H and O–H groups in total. The number of aliphatic hydroxyl groups is 1. The molecule has 3 heterocycles. The van der Waals surface area contributed by atoms with Gasteiger partial charge in [-0.15, -0.1) is 0 Å². The van der Waals surface area contributed by atoms with Crippen molar-refractivity contribution in [3.63, 3.8) is 0 Å². The van der Waals surface area contributed by atoms with Crippen LogP contribution < -0.4 is 14.8 Å². The topological polar surface area (TPSA) is 83.5 Å². The van der Waals surface area contributed by atoms with Crippen molar-refractivity contribution >= 4 is 11.7 Å². The minimum atomic E-state index is -0.439. The Kier molecular flexibility index (Phi) is 5.38. The zero-order chi connectivity index (χ0) is 18.8. The van der Waals surface area contributed by atoms with Gasteiger partial charge >= 0.3 is 6.03 Å². The van der Waals surface area contributed by atoms with Crippen molar-refractivity contribution in [2.24, 2.45) is 0 Å². The molecule has 0 radical (unpaired) electrons. The molecule has 27 heavy (non-hydrogen) atoms. The monoisotopic (exact) mass is 377 g/mol. The summed E-state index contributed by atoms with van der Waals surface area (Å²) in [4.78, 5) is 16.9. The van der Waals surface area contributed by atoms with Gasteiger partial charge in [0.25, 0.3) is 0 Å². The lowest BCUT2D eigenvalue weighted by atomic mass is 10.1. The molecule has 0 aromatic heterocycles. The maximum atomic E-state index is 12.8. The highest BCUT2D eigenvalue weighted by Crippen LogP contribution is 2.35. The largest absolute Gasteiger partial charge is 0.486 e. The summed E-state index contributed by atoms with van der Waals surface area (Å²) in [6, 6.07) is 3.65. The summed E-state index contributed by atoms with van der Waals surface area (Å²) in [5.74, 6) is 1.39. The summed E-state index contributed by atoms with van der Waals surface area (Å²) in [6.45, 7) is 6.87. The van der Waals surface area contributed by atoms with Crippen molar-refractivity contribution in [2.45, 2.75) is 25.5 Å². The minimum Gasteiger partial charge on any atom is -0.486 e. The van der Waals surface area contributed by atoms with Gasteiger partial charge in [0.05, 0.1) is 25.4 Å². The second-order valence-electron chi connectivity index (χ2n) is 7.29. The second-order valence-corrected chi connectivity index (χ2v) is 7.29. The number of hydrogen-bond acceptors (Lipinski definition) is 6. The molecule has 0 unspecified atom stereocenters. The molecule has 1 aromatic rings. The van der Waals surface area contributed by atoms with Gasteiger partial charge in [0.1, 0.15) is 13.2 Å². The van der Waals surface area contributed by atoms with Gasteiger partial charge in [-0.2, -0.15) is 0 Å². The quantitative estimate of drug-likeness (QED) is 0.802. The Morgan fingerprint density at radius 1 is 1.11 bits per heavy atom. The highest BCUT2D eigenvalue weighted by atomic mass is 16.6. The van der Waals surface area contributed by atoms with Crippen LogP contribution in [0.3, 0.4) is 0 Å². The molecular weight excluding hydrogens is 350 g/mol. The lowest BCUT2D eigenvalue weighted by molar-refractivity contribution is 0.0845. The van der Waals surface area contributed by atoms with Crippen LogP contribution in [0.15, 0.2) is 12.1 Å². The highest BCUT2D eigenvalue weighted by molar-refractivity contribution is 5.90. The Morgan fingerprint density at radius 3 is 2.63 bits per heavy atom. The molecule has 0 bridgehead atoms. The Hall–Kier alpha value is -2.03. The fourth-order valence-electron chi connectivity index (χ4n) is 3.87. The van der Waals surface area contributed by atoms with Gasteiger partial charge in [0.2, 0.25) is 0 Å². The number of rotatable bonds is 2. The van der Waals surface area contributed by atoms with Crippen molar-refractivity contribution in [1.82, 2.24) is 9.80 Å². The first-order valence-corrected chi connectivity index (χ1v) is 9.58. The van der Waals surface area contributed by atoms with Crippen molar-refractivity contribution in [3.8, 4) is 11.5 Å². The van der Waals surface area contributed by atoms with Crippen molar-refractivity contribution < 1.29 is 24.1 Å². The summed E-state index contributed by atoms with van der Waals surface area (Å²) in [7, 11) is 0. The molecule has 0 saturated carbocycles. The molecule has 8 nitrogen and oxygen atoms in total. The van der Waals surface area contributed by atoms with E-state index in [0.29, 0.717) is 45.3 Å². The maximum absolute atomic E-state index is 12.8. The number of fused-ring (bicyclic) bond motifs is 1. The molecule has 4 rings (SSSR count). The molecule has 0 spiro atoms. The predicted octanol–water partition coefficient (Wildman–Crippen LogP) is 1.07. The second kappa shape index (κ2) is 7.92. The minimum absolute atomic E-state index is 0.0352. The van der Waals surface area contributed by atoms with Gasteiger partial charge in [-0.3, -0.25) is 4.90 Å². The maximum Gasteiger partial charge on any atom is 0.321 e. The zero-order valence-corrected chi connectivity index (χ0v) is 15.6. The van der Waals surface area contributed by atoms with Gasteiger partial charge in [0, 0.05) is 37.9 Å². The summed E-state index contributed by atoms with van der Waals surface area (Å²) < 4.78 is 16.6. The number of carbonyl (C=O) groups excluding carboxylic acids is 1. The smallest absolute Gasteiger partial charge is 0.321 e. The Bertz CT molecular complexity index is 698. The number of nitrogens with zero attached hydrogens (tertiary/aromatic N) is 2. The van der Waals surface area contributed by atoms with Crippen LogP contribution in [0.1, 0.15) is 12.0 Å². The van der Waals surface area contributed by atoms with E-state index in [1.165, 1.54) is 0 Å². The van der Waals surface area contributed by atoms with Gasteiger partial charge in [-0.05, 0) is 25.0 Å². The molecule has 2 fully saturated rings. The Morgan fingerprint density at radius 2 is 1.89 bits per heavy atom. The molecule has 3 aliphatic rings. The van der Waals surface area contributed by atoms with Crippen LogP contribution in [0.4, 0.5) is 10.5 Å². The van der Waals surface area contributed by atoms with E-state index in [2.05, 4.69) is 10.2 Å². The Balaban J connectivity index is 1.38. The third-order valence-electron chi connectivity index (χ3n) is 5.44. The van der Waals surface area contributed by atoms with Crippen LogP contribution in [0, 0.1) is 6.92 Å². The fraction of sp³-hybridized carbons (Fsp3) is 0.632. The van der Waals surface area contributed by atoms with Crippen LogP contribution in [0.25, 0.3) is 0 Å². The molecule has 8 heteroatoms. The van der Waals surface area contributed by atoms with Gasteiger partial charge in [-0.25, -0.2) is 4.79 Å². The molecule has 1 aromatic carbocycles. The van der Waals surface area contributed by atoms with Crippen LogP contribution in [0.5, 0.6) is 11.5 Å². The number of carbonyl (C=O) groups is 1. The van der Waals surface area contributed by atoms with Crippen molar-refractivity contribution in [2.75, 3.05) is 57.9 Å². The standard InChI is InChI=1S/C19H27N3O5/c1-13-9-17-18(27-8-7-26-17)10-14(13)20-19(24)22-4-2-3-21(5-6-22)15-11-25-12-16(15)23/h9-10,15-16,23H,2-8,11-12H2,1H3,(H,20,24)/t15-,16-/m0/s1. The van der Waals surface area contributed by atoms with Gasteiger partial charge in [-0.1, -0.05) is 0 Å². The zero-order valence-electron chi connectivity index (χ0n) is 15.6. The van der Waals surface area contributed by atoms with Crippen LogP contribution >= 0.6 is 0 Å². The van der Waals surface area contributed by atoms with Crippen molar-refractivity contribution in [1.29, 1.82) is 0 Å². The lowest BCUT2D eigenvalue weighted by Gasteiger charge is -2.28. The Labute approximate surface area is 159 Å². The van der Waals surface area contributed by atoms with E-state index in [0.717, 1.165) is 36.5 Å². The van der Waals surface area contributed by atoms with E-state index in [1.807, 2.05) is 24.0 Å². The summed E-state index contributed by atoms with van der Waals surface area (Å²) in [5.41, 5.74) is 1.68. The number of ether oxygens (including phenoxy) is 3. The predicted molar refractivity (Wildman–Crippen MR) is 99.6 cm³/mol. The molecule has 2 saturated heterocycles. The molecule has 148 valence electrons. The van der Waals surface area contributed by atoms with Gasteiger partial charge < -0.3 is 29.5 Å². The summed E-state index contributed by atoms with van der Waals surface area (Å²) >= 11 is 0. The third kappa shape index (κ3) is 3.97. The summed E-state index contributed by atoms with van der Waals surface area (Å²) in [6.07, 6.45) is 0.433. The number of anilines is 1. The number of hydrogen-bond donors (Lipinski definition) is 2. The first kappa shape index (κ1) is 18.3. The molecular formula is C19H27N3O5. The molecule has 2 amide bonds. The number of benzene rings is 1.